The van der Waals surface area contributed by atoms with E-state index in [9.17, 15) is 0 Å². The molecular formula is C16H18ClNOSi. The first-order valence-electron chi connectivity index (χ1n) is 6.44. The van der Waals surface area contributed by atoms with Crippen LogP contribution in [0.15, 0.2) is 35.7 Å². The Bertz CT molecular complexity index is 645. The first-order valence-corrected chi connectivity index (χ1v) is 10.3. The molecule has 104 valence electrons. The van der Waals surface area contributed by atoms with E-state index in [2.05, 4.69) is 36.4 Å². The molecule has 2 nitrogen and oxygen atoms in total. The zero-order valence-electron chi connectivity index (χ0n) is 12.2. The van der Waals surface area contributed by atoms with Crippen molar-refractivity contribution < 1.29 is 4.74 Å². The number of allylic oxidation sites excluding steroid dienone is 1. The van der Waals surface area contributed by atoms with E-state index in [0.717, 1.165) is 22.6 Å². The largest absolute Gasteiger partial charge is 0.494 e. The number of rotatable bonds is 1. The van der Waals surface area contributed by atoms with Crippen molar-refractivity contribution in [2.45, 2.75) is 19.6 Å². The van der Waals surface area contributed by atoms with Crippen LogP contribution in [-0.2, 0) is 4.74 Å². The zero-order valence-corrected chi connectivity index (χ0v) is 13.9. The molecule has 1 heterocycles. The molecule has 1 aliphatic heterocycles. The molecule has 0 bridgehead atoms. The lowest BCUT2D eigenvalue weighted by Gasteiger charge is -2.06. The maximum atomic E-state index is 6.02. The van der Waals surface area contributed by atoms with Crippen molar-refractivity contribution in [3.63, 3.8) is 0 Å². The van der Waals surface area contributed by atoms with E-state index in [1.165, 1.54) is 0 Å². The van der Waals surface area contributed by atoms with Gasteiger partial charge in [-0.1, -0.05) is 43.2 Å². The molecule has 0 aromatic heterocycles. The maximum absolute atomic E-state index is 6.02. The highest BCUT2D eigenvalue weighted by molar-refractivity contribution is 6.83. The van der Waals surface area contributed by atoms with Crippen molar-refractivity contribution in [3.05, 3.63) is 46.3 Å². The number of fused-ring (bicyclic) bond motifs is 1. The lowest BCUT2D eigenvalue weighted by molar-refractivity contribution is 0.303. The third kappa shape index (κ3) is 3.69. The molecule has 0 fully saturated rings. The summed E-state index contributed by atoms with van der Waals surface area (Å²) in [5, 5.41) is 3.92. The van der Waals surface area contributed by atoms with Gasteiger partial charge in [-0.25, -0.2) is 0 Å². The first kappa shape index (κ1) is 14.8. The lowest BCUT2D eigenvalue weighted by Crippen LogP contribution is -2.16. The van der Waals surface area contributed by atoms with Crippen molar-refractivity contribution in [1.29, 1.82) is 0 Å². The molecule has 0 spiro atoms. The SMILES string of the molecule is COC1=CNc2cc(Cl)ccc2C=C1C#C[Si](C)(C)C. The quantitative estimate of drug-likeness (QED) is 0.608. The predicted molar refractivity (Wildman–Crippen MR) is 89.3 cm³/mol. The van der Waals surface area contributed by atoms with Gasteiger partial charge in [-0.3, -0.25) is 0 Å². The third-order valence-electron chi connectivity index (χ3n) is 2.73. The Labute approximate surface area is 126 Å². The standard InChI is InChI=1S/C16H18ClNOSi/c1-19-16-11-18-15-10-14(17)6-5-12(15)9-13(16)7-8-20(2,3)4/h5-6,9-11,18H,1-4H3. The van der Waals surface area contributed by atoms with Gasteiger partial charge in [0, 0.05) is 16.9 Å². The van der Waals surface area contributed by atoms with E-state index in [0.29, 0.717) is 5.02 Å². The van der Waals surface area contributed by atoms with Crippen LogP contribution >= 0.6 is 11.6 Å². The van der Waals surface area contributed by atoms with Crippen LogP contribution in [0.1, 0.15) is 5.56 Å². The van der Waals surface area contributed by atoms with Crippen molar-refractivity contribution in [1.82, 2.24) is 0 Å². The van der Waals surface area contributed by atoms with Crippen LogP contribution in [0.2, 0.25) is 24.7 Å². The van der Waals surface area contributed by atoms with Gasteiger partial charge in [0.1, 0.15) is 13.8 Å². The molecule has 1 N–H and O–H groups in total. The monoisotopic (exact) mass is 303 g/mol. The topological polar surface area (TPSA) is 21.3 Å². The predicted octanol–water partition coefficient (Wildman–Crippen LogP) is 4.52. The summed E-state index contributed by atoms with van der Waals surface area (Å²) < 4.78 is 5.42. The Kier molecular flexibility index (Phi) is 4.27. The van der Waals surface area contributed by atoms with Crippen LogP contribution in [0.5, 0.6) is 0 Å². The van der Waals surface area contributed by atoms with Gasteiger partial charge in [-0.05, 0) is 23.8 Å². The Hall–Kier alpha value is -1.63. The van der Waals surface area contributed by atoms with Gasteiger partial charge in [0.15, 0.2) is 0 Å². The first-order chi connectivity index (χ1) is 9.39. The number of hydrogen-bond acceptors (Lipinski definition) is 2. The Morgan fingerprint density at radius 2 is 2.00 bits per heavy atom. The van der Waals surface area contributed by atoms with Crippen LogP contribution < -0.4 is 5.32 Å². The highest BCUT2D eigenvalue weighted by atomic mass is 35.5. The molecule has 0 atom stereocenters. The average molecular weight is 304 g/mol. The van der Waals surface area contributed by atoms with E-state index < -0.39 is 8.07 Å². The van der Waals surface area contributed by atoms with Gasteiger partial charge in [0.2, 0.25) is 0 Å². The van der Waals surface area contributed by atoms with Crippen molar-refractivity contribution in [3.8, 4) is 11.5 Å². The van der Waals surface area contributed by atoms with Crippen molar-refractivity contribution >= 4 is 31.4 Å². The minimum atomic E-state index is -1.43. The van der Waals surface area contributed by atoms with E-state index >= 15 is 0 Å². The summed E-state index contributed by atoms with van der Waals surface area (Å²) in [5.41, 5.74) is 6.27. The van der Waals surface area contributed by atoms with Gasteiger partial charge < -0.3 is 10.1 Å². The van der Waals surface area contributed by atoms with Crippen LogP contribution in [0.25, 0.3) is 6.08 Å². The molecule has 4 heteroatoms. The van der Waals surface area contributed by atoms with E-state index in [1.807, 2.05) is 30.5 Å². The van der Waals surface area contributed by atoms with Crippen LogP contribution in [0, 0.1) is 11.5 Å². The smallest absolute Gasteiger partial charge is 0.150 e. The van der Waals surface area contributed by atoms with Gasteiger partial charge in [-0.15, -0.1) is 5.54 Å². The summed E-state index contributed by atoms with van der Waals surface area (Å²) in [6.07, 6.45) is 3.86. The number of ether oxygens (including phenoxy) is 1. The fraction of sp³-hybridized carbons (Fsp3) is 0.250. The summed E-state index contributed by atoms with van der Waals surface area (Å²) in [7, 11) is 0.227. The molecule has 2 rings (SSSR count). The van der Waals surface area contributed by atoms with E-state index in [1.54, 1.807) is 7.11 Å². The molecule has 20 heavy (non-hydrogen) atoms. The van der Waals surface area contributed by atoms with E-state index in [-0.39, 0.29) is 0 Å². The normalized spacial score (nSPS) is 13.8. The second-order valence-electron chi connectivity index (χ2n) is 5.65. The van der Waals surface area contributed by atoms with E-state index in [4.69, 9.17) is 16.3 Å². The highest BCUT2D eigenvalue weighted by Crippen LogP contribution is 2.28. The molecule has 0 saturated heterocycles. The molecule has 1 aromatic rings. The molecular weight excluding hydrogens is 286 g/mol. The number of nitrogens with one attached hydrogen (secondary N) is 1. The minimum Gasteiger partial charge on any atom is -0.494 e. The number of hydrogen-bond donors (Lipinski definition) is 1. The number of methoxy groups -OCH3 is 1. The van der Waals surface area contributed by atoms with Gasteiger partial charge >= 0.3 is 0 Å². The molecule has 0 aliphatic carbocycles. The van der Waals surface area contributed by atoms with Crippen molar-refractivity contribution in [2.24, 2.45) is 0 Å². The maximum Gasteiger partial charge on any atom is 0.150 e. The number of anilines is 1. The summed E-state index contributed by atoms with van der Waals surface area (Å²) >= 11 is 6.02. The van der Waals surface area contributed by atoms with Crippen LogP contribution in [0.3, 0.4) is 0 Å². The van der Waals surface area contributed by atoms with Gasteiger partial charge in [-0.2, -0.15) is 0 Å². The van der Waals surface area contributed by atoms with Crippen molar-refractivity contribution in [2.75, 3.05) is 12.4 Å². The molecule has 0 radical (unpaired) electrons. The summed E-state index contributed by atoms with van der Waals surface area (Å²) in [4.78, 5) is 0. The number of benzene rings is 1. The Morgan fingerprint density at radius 3 is 2.65 bits per heavy atom. The van der Waals surface area contributed by atoms with Gasteiger partial charge in [0.05, 0.1) is 12.7 Å². The fourth-order valence-electron chi connectivity index (χ4n) is 1.75. The molecule has 0 saturated carbocycles. The lowest BCUT2D eigenvalue weighted by atomic mass is 10.1. The number of halogens is 1. The summed E-state index contributed by atoms with van der Waals surface area (Å²) in [6, 6.07) is 5.75. The second-order valence-corrected chi connectivity index (χ2v) is 10.8. The van der Waals surface area contributed by atoms with Crippen LogP contribution in [-0.4, -0.2) is 15.2 Å². The fourth-order valence-corrected chi connectivity index (χ4v) is 2.43. The third-order valence-corrected chi connectivity index (χ3v) is 3.84. The molecule has 0 amide bonds. The second kappa shape index (κ2) is 5.78. The average Bonchev–Trinajstić information content (AvgIpc) is 2.54. The molecule has 1 aliphatic rings. The van der Waals surface area contributed by atoms with Gasteiger partial charge in [0.25, 0.3) is 0 Å². The minimum absolute atomic E-state index is 0.702. The Morgan fingerprint density at radius 1 is 1.25 bits per heavy atom. The molecule has 1 aromatic carbocycles. The molecule has 0 unspecified atom stereocenters. The summed E-state index contributed by atoms with van der Waals surface area (Å²) in [6.45, 7) is 6.66. The summed E-state index contributed by atoms with van der Waals surface area (Å²) in [5.74, 6) is 4.00. The van der Waals surface area contributed by atoms with Crippen LogP contribution in [0.4, 0.5) is 5.69 Å². The highest BCUT2D eigenvalue weighted by Gasteiger charge is 2.13. The Balaban J connectivity index is 2.50. The zero-order chi connectivity index (χ0) is 14.8.